The van der Waals surface area contributed by atoms with E-state index in [0.29, 0.717) is 0 Å². The van der Waals surface area contributed by atoms with Crippen molar-refractivity contribution in [2.24, 2.45) is 0 Å². The molecular weight excluding hydrogens is 93.0 g/mol. The van der Waals surface area contributed by atoms with E-state index in [9.17, 15) is 4.20 Å². The predicted molar refractivity (Wildman–Crippen MR) is 24.0 cm³/mol. The highest BCUT2D eigenvalue weighted by Crippen LogP contribution is 2.11. The lowest BCUT2D eigenvalue weighted by Gasteiger charge is -1.64. The van der Waals surface area contributed by atoms with Gasteiger partial charge in [-0.3, -0.25) is 0 Å². The van der Waals surface area contributed by atoms with E-state index in [1.54, 1.807) is 0 Å². The molecule has 0 bridgehead atoms. The van der Waals surface area contributed by atoms with Crippen molar-refractivity contribution in [3.05, 3.63) is 0 Å². The predicted octanol–water partition coefficient (Wildman–Crippen LogP) is 1.38. The van der Waals surface area contributed by atoms with Crippen LogP contribution >= 0.6 is 18.1 Å². The van der Waals surface area contributed by atoms with Gasteiger partial charge in [0.1, 0.15) is 0 Å². The number of rotatable bonds is 1. The maximum absolute atomic E-state index is 10.9. The molecule has 0 aliphatic heterocycles. The van der Waals surface area contributed by atoms with Crippen LogP contribution in [0.25, 0.3) is 0 Å². The highest BCUT2D eigenvalue weighted by atomic mass is 31.1. The summed E-state index contributed by atoms with van der Waals surface area (Å²) in [6, 6.07) is 0. The fraction of sp³-hybridized carbons (Fsp3) is 1.00. The van der Waals surface area contributed by atoms with Gasteiger partial charge in [-0.15, -0.1) is 9.24 Å². The molecule has 0 saturated carbocycles. The lowest BCUT2D eigenvalue weighted by molar-refractivity contribution is 0.923. The second-order valence-electron chi connectivity index (χ2n) is 0.276. The van der Waals surface area contributed by atoms with Crippen LogP contribution in [-0.2, 0) is 0 Å². The molecular formula is CH5FP2. The van der Waals surface area contributed by atoms with Crippen LogP contribution in [0.3, 0.4) is 0 Å². The Morgan fingerprint density at radius 2 is 2.75 bits per heavy atom. The summed E-state index contributed by atoms with van der Waals surface area (Å²) < 4.78 is 17.4. The van der Waals surface area contributed by atoms with Gasteiger partial charge in [-0.05, 0) is 0 Å². The molecule has 0 nitrogen and oxygen atoms in total. The van der Waals surface area contributed by atoms with Crippen molar-refractivity contribution in [2.45, 2.75) is 0 Å². The van der Waals surface area contributed by atoms with Gasteiger partial charge in [-0.2, -0.15) is 0 Å². The summed E-state index contributed by atoms with van der Waals surface area (Å²) in [6.45, 7) is 0. The first-order chi connectivity index (χ1) is 2.27. The van der Waals surface area contributed by atoms with Crippen molar-refractivity contribution in [2.75, 3.05) is 5.88 Å². The van der Waals surface area contributed by atoms with Crippen LogP contribution in [0.1, 0.15) is 1.37 Å². The smallest absolute Gasteiger partial charge is 0.0709 e. The zero-order valence-electron chi connectivity index (χ0n) is 3.03. The third-order valence-corrected chi connectivity index (χ3v) is 0.567. The van der Waals surface area contributed by atoms with E-state index < -0.39 is 14.8 Å². The van der Waals surface area contributed by atoms with Crippen LogP contribution < -0.4 is 0 Å². The molecule has 0 aliphatic carbocycles. The molecule has 0 heterocycles. The molecule has 0 aromatic heterocycles. The minimum atomic E-state index is -0.756. The minimum Gasteiger partial charge on any atom is -0.230 e. The molecule has 0 saturated heterocycles. The zero-order chi connectivity index (χ0) is 4.28. The summed E-state index contributed by atoms with van der Waals surface area (Å²) in [4.78, 5) is 0. The fourth-order valence-electron chi connectivity index (χ4n) is 0. The Hall–Kier alpha value is 0.790. The van der Waals surface area contributed by atoms with Crippen LogP contribution in [0.2, 0.25) is 0 Å². The molecule has 0 spiro atoms. The molecule has 26 valence electrons. The Morgan fingerprint density at radius 1 is 2.50 bits per heavy atom. The first kappa shape index (κ1) is 3.00. The second kappa shape index (κ2) is 3.79. The van der Waals surface area contributed by atoms with Crippen LogP contribution in [-0.4, -0.2) is 5.88 Å². The third kappa shape index (κ3) is 2.79. The first-order valence-electron chi connectivity index (χ1n) is 1.39. The molecule has 3 heteroatoms. The average Bonchev–Trinajstić information content (AvgIpc) is 1.38. The Morgan fingerprint density at radius 3 is 2.75 bits per heavy atom. The highest BCUT2D eigenvalue weighted by molar-refractivity contribution is 7.44. The van der Waals surface area contributed by atoms with E-state index in [1.165, 1.54) is 0 Å². The normalized spacial score (nSPS) is 22.0. The lowest BCUT2D eigenvalue weighted by atomic mass is 11.9. The van der Waals surface area contributed by atoms with Crippen molar-refractivity contribution in [3.8, 4) is 0 Å². The van der Waals surface area contributed by atoms with Gasteiger partial charge in [0.05, 0.1) is 8.89 Å². The van der Waals surface area contributed by atoms with Crippen LogP contribution in [0.5, 0.6) is 0 Å². The Labute approximate surface area is 30.7 Å². The molecule has 0 radical (unpaired) electrons. The monoisotopic (exact) mass is 100.0 g/mol. The topological polar surface area (TPSA) is 0 Å². The van der Waals surface area contributed by atoms with Crippen molar-refractivity contribution < 1.29 is 5.57 Å². The molecule has 0 rings (SSSR count). The van der Waals surface area contributed by atoms with E-state index in [0.717, 1.165) is 0 Å². The summed E-state index contributed by atoms with van der Waals surface area (Å²) >= 11 is 0. The van der Waals surface area contributed by atoms with Crippen molar-refractivity contribution in [1.82, 2.24) is 0 Å². The molecule has 3 unspecified atom stereocenters. The van der Waals surface area contributed by atoms with E-state index in [2.05, 4.69) is 0 Å². The second-order valence-corrected chi connectivity index (χ2v) is 1.83. The van der Waals surface area contributed by atoms with Crippen LogP contribution in [0.4, 0.5) is 4.20 Å². The van der Waals surface area contributed by atoms with Gasteiger partial charge in [0.15, 0.2) is 0 Å². The van der Waals surface area contributed by atoms with Gasteiger partial charge in [0.2, 0.25) is 0 Å². The van der Waals surface area contributed by atoms with Crippen LogP contribution in [0, 0.1) is 0 Å². The number of hydrogen-bond acceptors (Lipinski definition) is 0. The van der Waals surface area contributed by atoms with Gasteiger partial charge in [-0.25, -0.2) is 4.20 Å². The first-order valence-corrected chi connectivity index (χ1v) is 2.43. The summed E-state index contributed by atoms with van der Waals surface area (Å²) in [7, 11) is 1.28. The summed E-state index contributed by atoms with van der Waals surface area (Å²) in [6.07, 6.45) is 0. The molecule has 0 N–H and O–H groups in total. The van der Waals surface area contributed by atoms with E-state index in [-0.39, 0.29) is 0 Å². The van der Waals surface area contributed by atoms with Gasteiger partial charge in [0.25, 0.3) is 0 Å². The third-order valence-electron chi connectivity index (χ3n) is 0.0630. The molecule has 0 aromatic carbocycles. The Balaban J connectivity index is 2.54. The zero-order valence-corrected chi connectivity index (χ0v) is 4.19. The summed E-state index contributed by atoms with van der Waals surface area (Å²) in [5.74, 6) is -0.588. The van der Waals surface area contributed by atoms with Gasteiger partial charge < -0.3 is 0 Å². The molecule has 4 heavy (non-hydrogen) atoms. The summed E-state index contributed by atoms with van der Waals surface area (Å²) in [5.41, 5.74) is 0. The molecule has 0 aromatic rings. The van der Waals surface area contributed by atoms with Crippen molar-refractivity contribution in [3.63, 3.8) is 0 Å². The van der Waals surface area contributed by atoms with E-state index >= 15 is 0 Å². The molecule has 0 amide bonds. The quantitative estimate of drug-likeness (QED) is 0.436. The summed E-state index contributed by atoms with van der Waals surface area (Å²) in [5, 5.41) is 0. The average molecular weight is 100 g/mol. The van der Waals surface area contributed by atoms with E-state index in [1.807, 2.05) is 9.24 Å². The lowest BCUT2D eigenvalue weighted by Crippen LogP contribution is -1.30. The number of hydrogen-bond donors (Lipinski definition) is 0. The molecule has 3 atom stereocenters. The Kier molecular flexibility index (Phi) is 2.84. The van der Waals surface area contributed by atoms with Crippen molar-refractivity contribution >= 4 is 18.1 Å². The van der Waals surface area contributed by atoms with E-state index in [4.69, 9.17) is 1.37 Å². The SMILES string of the molecule is [3H]C(P)PF. The van der Waals surface area contributed by atoms with Gasteiger partial charge in [-0.1, -0.05) is 0 Å². The van der Waals surface area contributed by atoms with Crippen LogP contribution in [0.15, 0.2) is 0 Å². The minimum absolute atomic E-state index is 0.588. The maximum Gasteiger partial charge on any atom is 0.0709 e. The Bertz CT molecular complexity index is 23.6. The molecule has 0 aliphatic rings. The van der Waals surface area contributed by atoms with Gasteiger partial charge >= 0.3 is 0 Å². The highest BCUT2D eigenvalue weighted by Gasteiger charge is 1.60. The van der Waals surface area contributed by atoms with Crippen molar-refractivity contribution in [1.29, 1.82) is 0 Å². The largest absolute Gasteiger partial charge is 0.230 e. The number of halogens is 1. The van der Waals surface area contributed by atoms with Gasteiger partial charge in [0, 0.05) is 7.25 Å². The maximum atomic E-state index is 10.9. The fourth-order valence-corrected chi connectivity index (χ4v) is 0. The standard InChI is InChI=1S/CH5FP2/c2-4-1-3/h4H,1,3H2/i1T. The molecule has 0 fully saturated rings.